The highest BCUT2D eigenvalue weighted by molar-refractivity contribution is 6.01. The maximum absolute atomic E-state index is 14.0. The fourth-order valence-corrected chi connectivity index (χ4v) is 9.76. The van der Waals surface area contributed by atoms with E-state index in [4.69, 9.17) is 24.7 Å². The molecule has 3 saturated carbocycles. The lowest BCUT2D eigenvalue weighted by Crippen LogP contribution is -2.63. The molecule has 4 aliphatic carbocycles. The van der Waals surface area contributed by atoms with Crippen molar-refractivity contribution in [1.82, 2.24) is 0 Å². The Kier molecular flexibility index (Phi) is 7.67. The smallest absolute Gasteiger partial charge is 0.193 e. The quantitative estimate of drug-likeness (QED) is 0.350. The normalized spacial score (nSPS) is 37.5. The number of allylic oxidation sites excluding steroid dienone is 4. The molecule has 9 atom stereocenters. The van der Waals surface area contributed by atoms with E-state index in [2.05, 4.69) is 6.92 Å². The first-order valence-electron chi connectivity index (χ1n) is 16.4. The zero-order valence-corrected chi connectivity index (χ0v) is 26.6. The number of aliphatic hydroxyl groups excluding tert-OH is 2. The molecule has 5 aliphatic rings. The van der Waals surface area contributed by atoms with Crippen molar-refractivity contribution in [3.8, 4) is 11.5 Å². The first-order chi connectivity index (χ1) is 22.0. The molecular formula is C37H43NO8. The lowest BCUT2D eigenvalue weighted by Gasteiger charge is -2.59. The lowest BCUT2D eigenvalue weighted by atomic mass is 9.46. The van der Waals surface area contributed by atoms with Crippen LogP contribution in [0.3, 0.4) is 0 Å². The summed E-state index contributed by atoms with van der Waals surface area (Å²) in [7, 11) is 0. The van der Waals surface area contributed by atoms with Crippen LogP contribution in [0, 0.1) is 28.6 Å². The Morgan fingerprint density at radius 3 is 2.74 bits per heavy atom. The minimum Gasteiger partial charge on any atom is -0.493 e. The van der Waals surface area contributed by atoms with E-state index in [9.17, 15) is 19.8 Å². The van der Waals surface area contributed by atoms with E-state index in [0.717, 1.165) is 24.0 Å². The van der Waals surface area contributed by atoms with Crippen molar-refractivity contribution in [1.29, 1.82) is 0 Å². The Morgan fingerprint density at radius 1 is 1.15 bits per heavy atom. The molecule has 0 radical (unpaired) electrons. The predicted octanol–water partition coefficient (Wildman–Crippen LogP) is 4.85. The van der Waals surface area contributed by atoms with Crippen LogP contribution < -0.4 is 15.2 Å². The molecule has 244 valence electrons. The lowest BCUT2D eigenvalue weighted by molar-refractivity contribution is -0.201. The van der Waals surface area contributed by atoms with Crippen LogP contribution in [0.5, 0.6) is 11.5 Å². The van der Waals surface area contributed by atoms with Gasteiger partial charge in [-0.2, -0.15) is 0 Å². The number of fused-ring (bicyclic) bond motifs is 7. The highest BCUT2D eigenvalue weighted by Gasteiger charge is 2.76. The zero-order chi connectivity index (χ0) is 32.4. The van der Waals surface area contributed by atoms with Gasteiger partial charge in [0.05, 0.1) is 24.4 Å². The van der Waals surface area contributed by atoms with Gasteiger partial charge in [-0.1, -0.05) is 37.6 Å². The van der Waals surface area contributed by atoms with Crippen molar-refractivity contribution >= 4 is 17.3 Å². The molecular weight excluding hydrogens is 586 g/mol. The summed E-state index contributed by atoms with van der Waals surface area (Å²) in [6.07, 6.45) is 5.41. The van der Waals surface area contributed by atoms with E-state index < -0.39 is 47.3 Å². The van der Waals surface area contributed by atoms with Gasteiger partial charge in [0, 0.05) is 22.4 Å². The van der Waals surface area contributed by atoms with Crippen molar-refractivity contribution < 1.29 is 38.7 Å². The van der Waals surface area contributed by atoms with Gasteiger partial charge in [0.15, 0.2) is 23.5 Å². The fourth-order valence-electron chi connectivity index (χ4n) is 9.76. The molecule has 1 saturated heterocycles. The Morgan fingerprint density at radius 2 is 1.98 bits per heavy atom. The monoisotopic (exact) mass is 629 g/mol. The minimum absolute atomic E-state index is 0.00564. The SMILES string of the molecule is CCOc1ccc(OCc2cccc(N)c2)cc1[C@@H]1O[C@@H]2C[C@H]3[C@@H]4CCC5=CC(=O)C=C[C@]5(C)[C@H]4[C@@H](O)C[C@]3(C)[C@]2(C(=O)CO)O1. The van der Waals surface area contributed by atoms with Crippen molar-refractivity contribution in [2.75, 3.05) is 18.9 Å². The predicted molar refractivity (Wildman–Crippen MR) is 170 cm³/mol. The fraction of sp³-hybridized carbons (Fsp3) is 0.514. The summed E-state index contributed by atoms with van der Waals surface area (Å²) in [5.74, 6) is 0.660. The number of anilines is 1. The number of aliphatic hydroxyl groups is 2. The number of ether oxygens (including phenoxy) is 4. The second kappa shape index (κ2) is 11.3. The van der Waals surface area contributed by atoms with E-state index in [-0.39, 0.29) is 23.5 Å². The average Bonchev–Trinajstić information content (AvgIpc) is 3.53. The maximum Gasteiger partial charge on any atom is 0.193 e. The Balaban J connectivity index is 1.21. The molecule has 9 heteroatoms. The third-order valence-corrected chi connectivity index (χ3v) is 11.7. The van der Waals surface area contributed by atoms with Crippen LogP contribution in [0.4, 0.5) is 5.69 Å². The van der Waals surface area contributed by atoms with E-state index in [0.29, 0.717) is 48.8 Å². The van der Waals surface area contributed by atoms with Crippen molar-refractivity contribution in [2.45, 2.75) is 77.2 Å². The molecule has 0 amide bonds. The molecule has 0 aromatic heterocycles. The highest BCUT2D eigenvalue weighted by Crippen LogP contribution is 2.70. The number of carbonyl (C=O) groups is 2. The van der Waals surface area contributed by atoms with Gasteiger partial charge in [-0.05, 0) is 92.5 Å². The largest absolute Gasteiger partial charge is 0.493 e. The Bertz CT molecular complexity index is 1620. The number of benzene rings is 2. The topological polar surface area (TPSA) is 138 Å². The molecule has 9 nitrogen and oxygen atoms in total. The Hall–Kier alpha value is -3.50. The van der Waals surface area contributed by atoms with Crippen LogP contribution in [0.2, 0.25) is 0 Å². The van der Waals surface area contributed by atoms with Gasteiger partial charge in [0.1, 0.15) is 24.7 Å². The van der Waals surface area contributed by atoms with Gasteiger partial charge in [0.2, 0.25) is 0 Å². The van der Waals surface area contributed by atoms with E-state index in [1.165, 1.54) is 0 Å². The third-order valence-electron chi connectivity index (χ3n) is 11.7. The van der Waals surface area contributed by atoms with E-state index >= 15 is 0 Å². The summed E-state index contributed by atoms with van der Waals surface area (Å²) in [5, 5.41) is 22.3. The number of Topliss-reactive ketones (excluding diaryl/α,β-unsaturated/α-hetero) is 1. The van der Waals surface area contributed by atoms with Crippen molar-refractivity contribution in [3.63, 3.8) is 0 Å². The Labute approximate surface area is 269 Å². The van der Waals surface area contributed by atoms with Crippen molar-refractivity contribution in [3.05, 3.63) is 77.4 Å². The number of nitrogen functional groups attached to an aromatic ring is 1. The van der Waals surface area contributed by atoms with Crippen LogP contribution in [0.15, 0.2) is 66.3 Å². The number of hydrogen-bond acceptors (Lipinski definition) is 9. The molecule has 4 fully saturated rings. The first-order valence-corrected chi connectivity index (χ1v) is 16.4. The first kappa shape index (κ1) is 31.1. The number of ketones is 2. The summed E-state index contributed by atoms with van der Waals surface area (Å²) < 4.78 is 25.6. The van der Waals surface area contributed by atoms with Crippen LogP contribution in [0.25, 0.3) is 0 Å². The van der Waals surface area contributed by atoms with E-state index in [1.54, 1.807) is 12.2 Å². The summed E-state index contributed by atoms with van der Waals surface area (Å²) in [5.41, 5.74) is 6.48. The van der Waals surface area contributed by atoms with Crippen LogP contribution in [-0.2, 0) is 25.7 Å². The molecule has 1 aliphatic heterocycles. The van der Waals surface area contributed by atoms with Crippen LogP contribution in [0.1, 0.15) is 63.9 Å². The molecule has 0 spiro atoms. The van der Waals surface area contributed by atoms with E-state index in [1.807, 2.05) is 62.4 Å². The van der Waals surface area contributed by atoms with Gasteiger partial charge in [0.25, 0.3) is 0 Å². The maximum atomic E-state index is 14.0. The van der Waals surface area contributed by atoms with Gasteiger partial charge < -0.3 is 34.9 Å². The second-order valence-electron chi connectivity index (χ2n) is 14.0. The van der Waals surface area contributed by atoms with Crippen molar-refractivity contribution in [2.24, 2.45) is 28.6 Å². The molecule has 0 bridgehead atoms. The standard InChI is InChI=1S/C37H43NO8/c1-4-43-30-11-9-25(44-20-21-6-5-7-23(38)14-21)16-27(30)34-45-32-17-28-26-10-8-22-15-24(40)12-13-35(22,2)33(26)29(41)18-36(28,3)37(32,46-34)31(42)19-39/h5-7,9,11-16,26,28-29,32-34,39,41H,4,8,10,17-20,38H2,1-3H3/t26-,28-,29-,32+,33+,34+,35-,36-,37+/m0/s1. The van der Waals surface area contributed by atoms with Gasteiger partial charge in [-0.15, -0.1) is 0 Å². The molecule has 1 heterocycles. The molecule has 2 aromatic rings. The molecule has 0 unspecified atom stereocenters. The number of nitrogens with two attached hydrogens (primary N) is 1. The molecule has 4 N–H and O–H groups in total. The number of hydrogen-bond donors (Lipinski definition) is 3. The summed E-state index contributed by atoms with van der Waals surface area (Å²) in [6.45, 7) is 6.06. The summed E-state index contributed by atoms with van der Waals surface area (Å²) >= 11 is 0. The average molecular weight is 630 g/mol. The molecule has 46 heavy (non-hydrogen) atoms. The van der Waals surface area contributed by atoms with Gasteiger partial charge >= 0.3 is 0 Å². The highest BCUT2D eigenvalue weighted by atomic mass is 16.7. The minimum atomic E-state index is -1.46. The van der Waals surface area contributed by atoms with Gasteiger partial charge in [-0.3, -0.25) is 9.59 Å². The summed E-state index contributed by atoms with van der Waals surface area (Å²) in [4.78, 5) is 26.2. The van der Waals surface area contributed by atoms with Gasteiger partial charge in [-0.25, -0.2) is 0 Å². The zero-order valence-electron chi connectivity index (χ0n) is 26.6. The van der Waals surface area contributed by atoms with Crippen LogP contribution in [-0.4, -0.2) is 52.8 Å². The molecule has 2 aromatic carbocycles. The van der Waals surface area contributed by atoms with Crippen LogP contribution >= 0.6 is 0 Å². The second-order valence-corrected chi connectivity index (χ2v) is 14.0. The number of rotatable bonds is 8. The molecule has 7 rings (SSSR count). The number of carbonyl (C=O) groups excluding carboxylic acids is 2. The third kappa shape index (κ3) is 4.58. The summed E-state index contributed by atoms with van der Waals surface area (Å²) in [6, 6.07) is 12.9.